The Morgan fingerprint density at radius 1 is 1.76 bits per heavy atom. The molecule has 0 atom stereocenters. The second-order valence-corrected chi connectivity index (χ2v) is 2.89. The molecule has 0 saturated heterocycles. The van der Waals surface area contributed by atoms with Gasteiger partial charge in [0.15, 0.2) is 17.9 Å². The summed E-state index contributed by atoms with van der Waals surface area (Å²) in [5.41, 5.74) is 2.30. The standard InChI is InChI=1S/C7H8ClN5O4/c1-17-4-2-9-6(8)11-5(4)12-13(3-10-16)7(14)15/h2-3,16H,1H3,(H,14,15)(H,9,11,12). The minimum absolute atomic E-state index is 0.00907. The van der Waals surface area contributed by atoms with Gasteiger partial charge in [-0.3, -0.25) is 5.43 Å². The fourth-order valence-electron chi connectivity index (χ4n) is 0.871. The lowest BCUT2D eigenvalue weighted by Crippen LogP contribution is -2.34. The molecule has 1 aromatic heterocycles. The number of hydrazine groups is 1. The van der Waals surface area contributed by atoms with Crippen LogP contribution in [0.1, 0.15) is 0 Å². The Balaban J connectivity index is 2.99. The zero-order valence-corrected chi connectivity index (χ0v) is 9.29. The summed E-state index contributed by atoms with van der Waals surface area (Å²) in [5, 5.41) is 20.0. The van der Waals surface area contributed by atoms with Gasteiger partial charge in [-0.05, 0) is 11.6 Å². The van der Waals surface area contributed by atoms with Crippen molar-refractivity contribution in [3.63, 3.8) is 0 Å². The molecular formula is C7H8ClN5O4. The Morgan fingerprint density at radius 3 is 3.00 bits per heavy atom. The highest BCUT2D eigenvalue weighted by Crippen LogP contribution is 2.21. The van der Waals surface area contributed by atoms with E-state index in [9.17, 15) is 4.79 Å². The van der Waals surface area contributed by atoms with E-state index in [1.165, 1.54) is 13.3 Å². The first-order valence-electron chi connectivity index (χ1n) is 4.11. The third kappa shape index (κ3) is 3.34. The normalized spacial score (nSPS) is 10.2. The fraction of sp³-hybridized carbons (Fsp3) is 0.143. The maximum absolute atomic E-state index is 10.7. The molecule has 0 unspecified atom stereocenters. The largest absolute Gasteiger partial charge is 0.491 e. The van der Waals surface area contributed by atoms with E-state index in [1.54, 1.807) is 0 Å². The van der Waals surface area contributed by atoms with Gasteiger partial charge < -0.3 is 15.1 Å². The van der Waals surface area contributed by atoms with Crippen molar-refractivity contribution in [3.05, 3.63) is 11.5 Å². The average molecular weight is 262 g/mol. The highest BCUT2D eigenvalue weighted by Gasteiger charge is 2.14. The second kappa shape index (κ2) is 5.70. The van der Waals surface area contributed by atoms with Crippen LogP contribution in [-0.2, 0) is 0 Å². The first-order valence-corrected chi connectivity index (χ1v) is 4.49. The van der Waals surface area contributed by atoms with E-state index in [-0.39, 0.29) is 16.9 Å². The van der Waals surface area contributed by atoms with Gasteiger partial charge in [0.05, 0.1) is 13.3 Å². The van der Waals surface area contributed by atoms with Crippen molar-refractivity contribution in [3.8, 4) is 5.75 Å². The monoisotopic (exact) mass is 261 g/mol. The first kappa shape index (κ1) is 12.8. The van der Waals surface area contributed by atoms with Gasteiger partial charge in [-0.2, -0.15) is 9.99 Å². The maximum atomic E-state index is 10.7. The van der Waals surface area contributed by atoms with Gasteiger partial charge >= 0.3 is 6.09 Å². The number of nitrogens with zero attached hydrogens (tertiary/aromatic N) is 4. The summed E-state index contributed by atoms with van der Waals surface area (Å²) in [5.74, 6) is 0.182. The van der Waals surface area contributed by atoms with Crippen LogP contribution in [0.25, 0.3) is 0 Å². The molecule has 1 amide bonds. The molecule has 0 aliphatic carbocycles. The zero-order valence-electron chi connectivity index (χ0n) is 8.53. The fourth-order valence-corrected chi connectivity index (χ4v) is 1.00. The van der Waals surface area contributed by atoms with E-state index in [4.69, 9.17) is 26.7 Å². The molecular weight excluding hydrogens is 254 g/mol. The van der Waals surface area contributed by atoms with Crippen molar-refractivity contribution in [1.29, 1.82) is 0 Å². The second-order valence-electron chi connectivity index (χ2n) is 2.55. The number of amides is 1. The van der Waals surface area contributed by atoms with Crippen LogP contribution in [0.15, 0.2) is 11.4 Å². The number of ether oxygens (including phenoxy) is 1. The zero-order chi connectivity index (χ0) is 12.8. The Bertz CT molecular complexity index is 440. The topological polar surface area (TPSA) is 120 Å². The van der Waals surface area contributed by atoms with Crippen LogP contribution in [-0.4, -0.2) is 44.8 Å². The summed E-state index contributed by atoms with van der Waals surface area (Å²) in [7, 11) is 1.35. The van der Waals surface area contributed by atoms with Gasteiger partial charge in [0.25, 0.3) is 0 Å². The van der Waals surface area contributed by atoms with Crippen molar-refractivity contribution in [2.45, 2.75) is 0 Å². The molecule has 0 bridgehead atoms. The predicted octanol–water partition coefficient (Wildman–Crippen LogP) is 0.863. The van der Waals surface area contributed by atoms with Crippen LogP contribution < -0.4 is 10.2 Å². The van der Waals surface area contributed by atoms with Gasteiger partial charge in [-0.1, -0.05) is 5.16 Å². The molecule has 10 heteroatoms. The summed E-state index contributed by atoms with van der Waals surface area (Å²) in [4.78, 5) is 18.1. The minimum atomic E-state index is -1.42. The highest BCUT2D eigenvalue weighted by molar-refractivity contribution is 6.28. The minimum Gasteiger partial charge on any atom is -0.491 e. The summed E-state index contributed by atoms with van der Waals surface area (Å²) in [6, 6.07) is 0. The van der Waals surface area contributed by atoms with Crippen molar-refractivity contribution < 1.29 is 19.8 Å². The predicted molar refractivity (Wildman–Crippen MR) is 57.4 cm³/mol. The number of halogens is 1. The highest BCUT2D eigenvalue weighted by atomic mass is 35.5. The summed E-state index contributed by atoms with van der Waals surface area (Å²) < 4.78 is 4.89. The molecule has 0 aliphatic rings. The number of carbonyl (C=O) groups is 1. The number of hydrogen-bond acceptors (Lipinski definition) is 7. The lowest BCUT2D eigenvalue weighted by molar-refractivity contribution is 0.174. The maximum Gasteiger partial charge on any atom is 0.432 e. The SMILES string of the molecule is COc1cnc(Cl)nc1NN(C=NO)C(=O)O. The van der Waals surface area contributed by atoms with E-state index in [2.05, 4.69) is 20.5 Å². The van der Waals surface area contributed by atoms with Gasteiger partial charge in [-0.15, -0.1) is 0 Å². The van der Waals surface area contributed by atoms with Crippen LogP contribution in [0, 0.1) is 0 Å². The van der Waals surface area contributed by atoms with Crippen molar-refractivity contribution in [1.82, 2.24) is 15.0 Å². The van der Waals surface area contributed by atoms with Crippen LogP contribution in [0.2, 0.25) is 5.28 Å². The molecule has 3 N–H and O–H groups in total. The molecule has 1 aromatic rings. The Hall–Kier alpha value is -2.29. The molecule has 1 heterocycles. The number of anilines is 1. The number of hydrogen-bond donors (Lipinski definition) is 3. The number of methoxy groups -OCH3 is 1. The number of aromatic nitrogens is 2. The van der Waals surface area contributed by atoms with Crippen LogP contribution in [0.5, 0.6) is 5.75 Å². The molecule has 1 rings (SSSR count). The number of oxime groups is 1. The van der Waals surface area contributed by atoms with Crippen molar-refractivity contribution in [2.24, 2.45) is 5.16 Å². The van der Waals surface area contributed by atoms with E-state index in [1.807, 2.05) is 0 Å². The van der Waals surface area contributed by atoms with E-state index < -0.39 is 6.09 Å². The van der Waals surface area contributed by atoms with Crippen LogP contribution in [0.3, 0.4) is 0 Å². The third-order valence-electron chi connectivity index (χ3n) is 1.55. The summed E-state index contributed by atoms with van der Waals surface area (Å²) >= 11 is 5.55. The van der Waals surface area contributed by atoms with Crippen molar-refractivity contribution in [2.75, 3.05) is 12.5 Å². The Kier molecular flexibility index (Phi) is 4.29. The molecule has 0 aliphatic heterocycles. The van der Waals surface area contributed by atoms with E-state index >= 15 is 0 Å². The lowest BCUT2D eigenvalue weighted by atomic mass is 10.5. The molecule has 0 radical (unpaired) electrons. The van der Waals surface area contributed by atoms with Crippen LogP contribution in [0.4, 0.5) is 10.6 Å². The smallest absolute Gasteiger partial charge is 0.432 e. The first-order chi connectivity index (χ1) is 8.08. The lowest BCUT2D eigenvalue weighted by Gasteiger charge is -2.16. The molecule has 0 spiro atoms. The van der Waals surface area contributed by atoms with Crippen LogP contribution >= 0.6 is 11.6 Å². The molecule has 9 nitrogen and oxygen atoms in total. The molecule has 0 aromatic carbocycles. The molecule has 17 heavy (non-hydrogen) atoms. The molecule has 0 saturated carbocycles. The Labute approximate surface area is 100 Å². The van der Waals surface area contributed by atoms with Gasteiger partial charge in [0, 0.05) is 0 Å². The number of carboxylic acid groups (broad SMARTS) is 1. The molecule has 0 fully saturated rings. The molecule has 92 valence electrons. The van der Waals surface area contributed by atoms with Gasteiger partial charge in [0.2, 0.25) is 5.28 Å². The van der Waals surface area contributed by atoms with Crippen molar-refractivity contribution >= 4 is 29.9 Å². The van der Waals surface area contributed by atoms with E-state index in [0.717, 1.165) is 0 Å². The van der Waals surface area contributed by atoms with E-state index in [0.29, 0.717) is 11.3 Å². The summed E-state index contributed by atoms with van der Waals surface area (Å²) in [6.45, 7) is 0. The van der Waals surface area contributed by atoms with Gasteiger partial charge in [0.1, 0.15) is 0 Å². The number of rotatable bonds is 4. The number of nitrogens with one attached hydrogen (secondary N) is 1. The third-order valence-corrected chi connectivity index (χ3v) is 1.73. The summed E-state index contributed by atoms with van der Waals surface area (Å²) in [6.07, 6.45) is 0.463. The average Bonchev–Trinajstić information content (AvgIpc) is 2.28. The Morgan fingerprint density at radius 2 is 2.47 bits per heavy atom. The van der Waals surface area contributed by atoms with Gasteiger partial charge in [-0.25, -0.2) is 9.78 Å². The quantitative estimate of drug-likeness (QED) is 0.242.